The molecule has 3 rings (SSSR count). The summed E-state index contributed by atoms with van der Waals surface area (Å²) in [7, 11) is 2.16. The van der Waals surface area contributed by atoms with Crippen molar-refractivity contribution in [2.75, 3.05) is 38.1 Å². The topological polar surface area (TPSA) is 26.7 Å². The van der Waals surface area contributed by atoms with Crippen LogP contribution in [0.5, 0.6) is 0 Å². The van der Waals surface area contributed by atoms with Gasteiger partial charge in [-0.15, -0.1) is 0 Å². The molecule has 1 heterocycles. The van der Waals surface area contributed by atoms with Crippen LogP contribution in [-0.2, 0) is 0 Å². The summed E-state index contributed by atoms with van der Waals surface area (Å²) < 4.78 is 0. The van der Waals surface area contributed by atoms with Gasteiger partial charge in [0.15, 0.2) is 0 Å². The summed E-state index contributed by atoms with van der Waals surface area (Å²) in [5.74, 6) is 0. The number of halogens is 1. The van der Waals surface area contributed by atoms with Gasteiger partial charge in [0.2, 0.25) is 0 Å². The van der Waals surface area contributed by atoms with Crippen molar-refractivity contribution in [2.45, 2.75) is 32.8 Å². The second kappa shape index (κ2) is 8.43. The lowest BCUT2D eigenvalue weighted by molar-refractivity contribution is 0.166. The Morgan fingerprint density at radius 1 is 1.08 bits per heavy atom. The first-order valence-electron chi connectivity index (χ1n) is 9.52. The molecule has 0 spiro atoms. The van der Waals surface area contributed by atoms with Crippen molar-refractivity contribution < 1.29 is 5.11 Å². The molecule has 2 aromatic carbocycles. The van der Waals surface area contributed by atoms with Gasteiger partial charge < -0.3 is 14.9 Å². The summed E-state index contributed by atoms with van der Waals surface area (Å²) in [5, 5.41) is 11.4. The Bertz CT molecular complexity index is 754. The van der Waals surface area contributed by atoms with Crippen molar-refractivity contribution in [1.82, 2.24) is 4.90 Å². The molecule has 0 aromatic heterocycles. The van der Waals surface area contributed by atoms with Gasteiger partial charge in [0.05, 0.1) is 11.1 Å². The van der Waals surface area contributed by atoms with Gasteiger partial charge in [-0.1, -0.05) is 49.2 Å². The number of nitrogens with zero attached hydrogens (tertiary/aromatic N) is 2. The summed E-state index contributed by atoms with van der Waals surface area (Å²) in [6, 6.07) is 12.6. The minimum atomic E-state index is -0.525. The van der Waals surface area contributed by atoms with Gasteiger partial charge in [-0.25, -0.2) is 0 Å². The summed E-state index contributed by atoms with van der Waals surface area (Å²) in [5.41, 5.74) is 5.36. The standard InChI is InChI=1S/C22H29ClN2O/c1-4-7-21(26)20-15-17(25-12-10-24(3)11-13-25)14-19(22(20)23)18-9-6-5-8-16(18)2/h5-6,8-9,14-15,21,26H,4,7,10-13H2,1-3H3. The van der Waals surface area contributed by atoms with E-state index in [1.807, 2.05) is 12.1 Å². The first-order valence-corrected chi connectivity index (χ1v) is 9.90. The zero-order valence-corrected chi connectivity index (χ0v) is 16.8. The van der Waals surface area contributed by atoms with E-state index in [0.29, 0.717) is 5.02 Å². The monoisotopic (exact) mass is 372 g/mol. The van der Waals surface area contributed by atoms with E-state index in [-0.39, 0.29) is 0 Å². The van der Waals surface area contributed by atoms with Crippen molar-refractivity contribution in [3.05, 3.63) is 52.5 Å². The molecule has 1 unspecified atom stereocenters. The number of aryl methyl sites for hydroxylation is 1. The van der Waals surface area contributed by atoms with Crippen molar-refractivity contribution in [2.24, 2.45) is 0 Å². The molecule has 26 heavy (non-hydrogen) atoms. The molecule has 1 fully saturated rings. The van der Waals surface area contributed by atoms with E-state index in [0.717, 1.165) is 61.4 Å². The lowest BCUT2D eigenvalue weighted by atomic mass is 9.94. The summed E-state index contributed by atoms with van der Waals surface area (Å²) in [4.78, 5) is 4.75. The third kappa shape index (κ3) is 4.06. The summed E-state index contributed by atoms with van der Waals surface area (Å²) >= 11 is 6.79. The Kier molecular flexibility index (Phi) is 6.23. The largest absolute Gasteiger partial charge is 0.388 e. The molecule has 140 valence electrons. The highest BCUT2D eigenvalue weighted by Gasteiger charge is 2.21. The molecule has 0 bridgehead atoms. The van der Waals surface area contributed by atoms with Crippen LogP contribution >= 0.6 is 11.6 Å². The van der Waals surface area contributed by atoms with Crippen molar-refractivity contribution in [3.8, 4) is 11.1 Å². The molecular weight excluding hydrogens is 344 g/mol. The first kappa shape index (κ1) is 19.2. The fourth-order valence-corrected chi connectivity index (χ4v) is 3.96. The van der Waals surface area contributed by atoms with Gasteiger partial charge in [-0.2, -0.15) is 0 Å². The predicted octanol–water partition coefficient (Wildman–Crippen LogP) is 4.90. The zero-order valence-electron chi connectivity index (χ0n) is 16.0. The Hall–Kier alpha value is -1.55. The number of anilines is 1. The third-order valence-corrected chi connectivity index (χ3v) is 5.73. The van der Waals surface area contributed by atoms with Crippen LogP contribution < -0.4 is 4.90 Å². The van der Waals surface area contributed by atoms with E-state index in [2.05, 4.69) is 55.0 Å². The normalized spacial score (nSPS) is 16.7. The van der Waals surface area contributed by atoms with Crippen LogP contribution in [0.4, 0.5) is 5.69 Å². The highest BCUT2D eigenvalue weighted by atomic mass is 35.5. The summed E-state index contributed by atoms with van der Waals surface area (Å²) in [6.07, 6.45) is 1.12. The fraction of sp³-hybridized carbons (Fsp3) is 0.455. The average Bonchev–Trinajstić information content (AvgIpc) is 2.63. The zero-order chi connectivity index (χ0) is 18.7. The maximum absolute atomic E-state index is 10.7. The van der Waals surface area contributed by atoms with E-state index in [1.54, 1.807) is 0 Å². The van der Waals surface area contributed by atoms with E-state index in [4.69, 9.17) is 11.6 Å². The molecule has 0 radical (unpaired) electrons. The highest BCUT2D eigenvalue weighted by Crippen LogP contribution is 2.40. The van der Waals surface area contributed by atoms with Crippen LogP contribution in [0.1, 0.15) is 37.0 Å². The lowest BCUT2D eigenvalue weighted by Gasteiger charge is -2.35. The molecule has 1 aliphatic heterocycles. The Morgan fingerprint density at radius 3 is 2.42 bits per heavy atom. The van der Waals surface area contributed by atoms with Crippen LogP contribution in [0.15, 0.2) is 36.4 Å². The predicted molar refractivity (Wildman–Crippen MR) is 111 cm³/mol. The van der Waals surface area contributed by atoms with Crippen LogP contribution in [0.25, 0.3) is 11.1 Å². The maximum atomic E-state index is 10.7. The van der Waals surface area contributed by atoms with Crippen molar-refractivity contribution in [3.63, 3.8) is 0 Å². The third-order valence-electron chi connectivity index (χ3n) is 5.31. The molecule has 0 saturated carbocycles. The Labute approximate surface area is 162 Å². The number of rotatable bonds is 5. The molecule has 1 atom stereocenters. The van der Waals surface area contributed by atoms with Gasteiger partial charge in [-0.05, 0) is 43.7 Å². The Balaban J connectivity index is 2.09. The van der Waals surface area contributed by atoms with Crippen molar-refractivity contribution in [1.29, 1.82) is 0 Å². The van der Waals surface area contributed by atoms with E-state index >= 15 is 0 Å². The molecular formula is C22H29ClN2O. The van der Waals surface area contributed by atoms with E-state index in [1.165, 1.54) is 5.56 Å². The van der Waals surface area contributed by atoms with Gasteiger partial charge in [-0.3, -0.25) is 0 Å². The minimum absolute atomic E-state index is 0.525. The summed E-state index contributed by atoms with van der Waals surface area (Å²) in [6.45, 7) is 8.29. The lowest BCUT2D eigenvalue weighted by Crippen LogP contribution is -2.44. The quantitative estimate of drug-likeness (QED) is 0.808. The van der Waals surface area contributed by atoms with E-state index < -0.39 is 6.10 Å². The molecule has 3 nitrogen and oxygen atoms in total. The number of piperazine rings is 1. The molecule has 1 saturated heterocycles. The van der Waals surface area contributed by atoms with Crippen LogP contribution in [0.2, 0.25) is 5.02 Å². The average molecular weight is 373 g/mol. The maximum Gasteiger partial charge on any atom is 0.0805 e. The fourth-order valence-electron chi connectivity index (χ4n) is 3.62. The minimum Gasteiger partial charge on any atom is -0.388 e. The second-order valence-corrected chi connectivity index (χ2v) is 7.68. The van der Waals surface area contributed by atoms with E-state index in [9.17, 15) is 5.11 Å². The molecule has 1 aliphatic rings. The number of benzene rings is 2. The first-order chi connectivity index (χ1) is 12.5. The van der Waals surface area contributed by atoms with Gasteiger partial charge >= 0.3 is 0 Å². The Morgan fingerprint density at radius 2 is 1.77 bits per heavy atom. The van der Waals surface area contributed by atoms with Gasteiger partial charge in [0.1, 0.15) is 0 Å². The smallest absolute Gasteiger partial charge is 0.0805 e. The number of aliphatic hydroxyl groups excluding tert-OH is 1. The molecule has 2 aromatic rings. The van der Waals surface area contributed by atoms with Crippen LogP contribution in [0, 0.1) is 6.92 Å². The highest BCUT2D eigenvalue weighted by molar-refractivity contribution is 6.34. The molecule has 1 N–H and O–H groups in total. The number of aliphatic hydroxyl groups is 1. The van der Waals surface area contributed by atoms with Gasteiger partial charge in [0, 0.05) is 43.0 Å². The molecule has 0 amide bonds. The second-order valence-electron chi connectivity index (χ2n) is 7.31. The van der Waals surface area contributed by atoms with Crippen LogP contribution in [0.3, 0.4) is 0 Å². The van der Waals surface area contributed by atoms with Gasteiger partial charge in [0.25, 0.3) is 0 Å². The molecule has 0 aliphatic carbocycles. The number of likely N-dealkylation sites (N-methyl/N-ethyl adjacent to an activating group) is 1. The molecule has 4 heteroatoms. The van der Waals surface area contributed by atoms with Crippen molar-refractivity contribution >= 4 is 17.3 Å². The number of hydrogen-bond acceptors (Lipinski definition) is 3. The number of hydrogen-bond donors (Lipinski definition) is 1. The van der Waals surface area contributed by atoms with Crippen LogP contribution in [-0.4, -0.2) is 43.2 Å². The SMILES string of the molecule is CCCC(O)c1cc(N2CCN(C)CC2)cc(-c2ccccc2C)c1Cl.